The molecule has 29 nitrogen and oxygen atoms in total. The Morgan fingerprint density at radius 2 is 0.955 bits per heavy atom. The molecule has 0 aliphatic rings. The number of halogens is 1. The number of hydrogen-bond acceptors (Lipinski definition) is 25. The lowest BCUT2D eigenvalue weighted by Gasteiger charge is -2.10. The molecule has 0 fully saturated rings. The first kappa shape index (κ1) is 52.0. The SMILES string of the molecule is Nc1cc(N)c(/N=N/c2ccc(S(=O)(=O)CCOS(=O)(=O)O)cc2S(=O)(=O)O)cc1/N=N/c1cc(Nc2nc(Cl)nc(Nc3ccc(S(=O)(=O)CCOS(=O)(=O)O)cc3)n2)ccc1S(=O)(=O)O. The van der Waals surface area contributed by atoms with E-state index in [1.54, 1.807) is 0 Å². The van der Waals surface area contributed by atoms with Crippen molar-refractivity contribution in [1.82, 2.24) is 15.0 Å². The molecule has 0 unspecified atom stereocenters. The van der Waals surface area contributed by atoms with Gasteiger partial charge in [0, 0.05) is 11.4 Å². The van der Waals surface area contributed by atoms with E-state index in [1.807, 2.05) is 0 Å². The maximum atomic E-state index is 12.7. The van der Waals surface area contributed by atoms with Crippen LogP contribution >= 0.6 is 11.6 Å². The van der Waals surface area contributed by atoms with Crippen LogP contribution in [0.15, 0.2) is 113 Å². The van der Waals surface area contributed by atoms with Gasteiger partial charge in [-0.1, -0.05) is 0 Å². The van der Waals surface area contributed by atoms with Crippen molar-refractivity contribution in [3.05, 3.63) is 78.1 Å². The Labute approximate surface area is 384 Å². The number of rotatable bonds is 20. The van der Waals surface area contributed by atoms with E-state index in [0.717, 1.165) is 36.4 Å². The van der Waals surface area contributed by atoms with Gasteiger partial charge in [0.25, 0.3) is 20.2 Å². The van der Waals surface area contributed by atoms with Crippen molar-refractivity contribution in [2.45, 2.75) is 19.6 Å². The van der Waals surface area contributed by atoms with Gasteiger partial charge in [0.15, 0.2) is 19.7 Å². The molecule has 1 aromatic heterocycles. The maximum absolute atomic E-state index is 12.7. The predicted octanol–water partition coefficient (Wildman–Crippen LogP) is 3.69. The summed E-state index contributed by atoms with van der Waals surface area (Å²) in [5.41, 5.74) is 10.3. The molecule has 0 aliphatic carbocycles. The molecule has 0 aliphatic heterocycles. The first-order chi connectivity index (χ1) is 30.9. The summed E-state index contributed by atoms with van der Waals surface area (Å²) < 4.78 is 187. The Balaban J connectivity index is 1.39. The highest BCUT2D eigenvalue weighted by Crippen LogP contribution is 2.38. The largest absolute Gasteiger partial charge is 0.397 e. The molecule has 5 aromatic rings. The summed E-state index contributed by atoms with van der Waals surface area (Å²) in [7, 11) is -28.5. The van der Waals surface area contributed by atoms with Gasteiger partial charge in [-0.05, 0) is 84.4 Å². The Morgan fingerprint density at radius 1 is 0.507 bits per heavy atom. The van der Waals surface area contributed by atoms with Crippen molar-refractivity contribution in [2.75, 3.05) is 46.8 Å². The zero-order valence-corrected chi connectivity index (χ0v) is 38.5. The number of anilines is 6. The molecule has 0 bridgehead atoms. The molecular weight excluding hydrogens is 1040 g/mol. The van der Waals surface area contributed by atoms with E-state index in [1.165, 1.54) is 30.3 Å². The predicted molar refractivity (Wildman–Crippen MR) is 233 cm³/mol. The van der Waals surface area contributed by atoms with E-state index in [9.17, 15) is 59.6 Å². The third-order valence-corrected chi connectivity index (χ3v) is 14.3. The smallest absolute Gasteiger partial charge is 0.397 e. The summed E-state index contributed by atoms with van der Waals surface area (Å²) in [6.45, 7) is -1.88. The highest BCUT2D eigenvalue weighted by atomic mass is 35.5. The third-order valence-electron chi connectivity index (χ3n) is 8.01. The second-order valence-corrected chi connectivity index (χ2v) is 22.3. The van der Waals surface area contributed by atoms with Crippen molar-refractivity contribution >= 4 is 130 Å². The minimum absolute atomic E-state index is 0.0294. The van der Waals surface area contributed by atoms with Crippen LogP contribution in [0.4, 0.5) is 57.4 Å². The van der Waals surface area contributed by atoms with Gasteiger partial charge < -0.3 is 22.1 Å². The van der Waals surface area contributed by atoms with Crippen LogP contribution in [0.1, 0.15) is 0 Å². The molecule has 67 heavy (non-hydrogen) atoms. The van der Waals surface area contributed by atoms with Crippen molar-refractivity contribution in [3.8, 4) is 0 Å². The van der Waals surface area contributed by atoms with Gasteiger partial charge in [0.1, 0.15) is 32.5 Å². The van der Waals surface area contributed by atoms with Crippen molar-refractivity contribution in [2.24, 2.45) is 20.5 Å². The molecule has 4 aromatic carbocycles. The Bertz CT molecular complexity index is 3500. The number of aromatic nitrogens is 3. The van der Waals surface area contributed by atoms with E-state index in [2.05, 4.69) is 54.4 Å². The van der Waals surface area contributed by atoms with Gasteiger partial charge in [0.2, 0.25) is 17.2 Å². The summed E-state index contributed by atoms with van der Waals surface area (Å²) in [5.74, 6) is -2.23. The minimum Gasteiger partial charge on any atom is -0.397 e. The van der Waals surface area contributed by atoms with Crippen LogP contribution in [0, 0.1) is 0 Å². The normalized spacial score (nSPS) is 13.0. The molecule has 5 rings (SSSR count). The van der Waals surface area contributed by atoms with Crippen LogP contribution in [0.3, 0.4) is 0 Å². The molecule has 1 heterocycles. The zero-order valence-electron chi connectivity index (χ0n) is 32.9. The maximum Gasteiger partial charge on any atom is 0.397 e. The van der Waals surface area contributed by atoms with Gasteiger partial charge in [-0.3, -0.25) is 18.2 Å². The highest BCUT2D eigenvalue weighted by Gasteiger charge is 2.24. The van der Waals surface area contributed by atoms with E-state index >= 15 is 0 Å². The van der Waals surface area contributed by atoms with E-state index in [-0.39, 0.29) is 56.2 Å². The molecule has 0 amide bonds. The number of azo groups is 2. The Kier molecular flexibility index (Phi) is 15.6. The lowest BCUT2D eigenvalue weighted by atomic mass is 10.2. The topological polar surface area (TPSA) is 468 Å². The lowest BCUT2D eigenvalue weighted by molar-refractivity contribution is 0.282. The van der Waals surface area contributed by atoms with Gasteiger partial charge in [-0.25, -0.2) is 25.2 Å². The number of hydrogen-bond donors (Lipinski definition) is 8. The minimum atomic E-state index is -5.20. The van der Waals surface area contributed by atoms with Crippen LogP contribution in [-0.4, -0.2) is 108 Å². The molecule has 0 saturated heterocycles. The second-order valence-electron chi connectivity index (χ2n) is 12.8. The molecule has 36 heteroatoms. The number of nitrogens with one attached hydrogen (secondary N) is 2. The van der Waals surface area contributed by atoms with E-state index in [0.29, 0.717) is 6.07 Å². The van der Waals surface area contributed by atoms with Crippen LogP contribution in [0.2, 0.25) is 5.28 Å². The fraction of sp³-hybridized carbons (Fsp3) is 0.129. The fourth-order valence-electron chi connectivity index (χ4n) is 5.07. The van der Waals surface area contributed by atoms with Crippen molar-refractivity contribution in [3.63, 3.8) is 0 Å². The number of nitrogens with two attached hydrogens (primary N) is 2. The lowest BCUT2D eigenvalue weighted by Crippen LogP contribution is -2.16. The van der Waals surface area contributed by atoms with Gasteiger partial charge in [-0.15, -0.1) is 20.5 Å². The summed E-state index contributed by atoms with van der Waals surface area (Å²) in [6.07, 6.45) is 0. The van der Waals surface area contributed by atoms with Crippen molar-refractivity contribution in [1.29, 1.82) is 0 Å². The summed E-state index contributed by atoms with van der Waals surface area (Å²) in [6, 6.07) is 12.5. The molecule has 0 saturated carbocycles. The fourth-order valence-corrected chi connectivity index (χ4v) is 9.56. The van der Waals surface area contributed by atoms with E-state index < -0.39 is 111 Å². The summed E-state index contributed by atoms with van der Waals surface area (Å²) in [5, 5.41) is 20.5. The summed E-state index contributed by atoms with van der Waals surface area (Å²) in [4.78, 5) is 9.28. The van der Waals surface area contributed by atoms with E-state index in [4.69, 9.17) is 32.2 Å². The van der Waals surface area contributed by atoms with Crippen LogP contribution in [0.25, 0.3) is 0 Å². The van der Waals surface area contributed by atoms with Crippen LogP contribution < -0.4 is 22.1 Å². The van der Waals surface area contributed by atoms with Crippen LogP contribution in [-0.2, 0) is 69.1 Å². The van der Waals surface area contributed by atoms with Gasteiger partial charge >= 0.3 is 20.8 Å². The summed E-state index contributed by atoms with van der Waals surface area (Å²) >= 11 is 6.09. The molecule has 0 radical (unpaired) electrons. The standard InChI is InChI=1S/C31H30ClN11O18S6/c32-29-37-30(35-17-1-4-19(5-2-17)62(44,45)11-9-60-66(54,55)56)39-31(38-29)36-18-3-8-27(64(48,49)50)26(13-18)43-42-25-16-24(21(33)15-22(25)34)41-40-23-7-6-20(14-28(23)65(51,52)53)63(46,47)12-10-61-67(57,58)59/h1-8,13-16H,9-12,33-34H2,(H,48,49,50)(H,51,52,53)(H,54,55,56)(H,57,58,59)(H2,35,36,37,38,39)/b41-40+,43-42+. The van der Waals surface area contributed by atoms with Gasteiger partial charge in [0.05, 0.1) is 45.9 Å². The molecule has 0 spiro atoms. The zero-order chi connectivity index (χ0) is 49.8. The Hall–Kier alpha value is -5.96. The Morgan fingerprint density at radius 3 is 1.46 bits per heavy atom. The first-order valence-electron chi connectivity index (χ1n) is 17.4. The number of nitrogen functional groups attached to an aromatic ring is 2. The molecule has 360 valence electrons. The molecule has 0 atom stereocenters. The molecule has 10 N–H and O–H groups in total. The third kappa shape index (κ3) is 15.0. The van der Waals surface area contributed by atoms with Crippen LogP contribution in [0.5, 0.6) is 0 Å². The average Bonchev–Trinajstić information content (AvgIpc) is 3.18. The second kappa shape index (κ2) is 20.1. The highest BCUT2D eigenvalue weighted by molar-refractivity contribution is 7.92. The van der Waals surface area contributed by atoms with Crippen molar-refractivity contribution < 1.29 is 77.1 Å². The molecular formula is C31H30ClN11O18S6. The van der Waals surface area contributed by atoms with Gasteiger partial charge in [-0.2, -0.15) is 48.6 Å². The number of sulfone groups is 2. The number of benzene rings is 4. The average molecular weight is 1070 g/mol. The monoisotopic (exact) mass is 1070 g/mol. The first-order valence-corrected chi connectivity index (χ1v) is 26.7. The number of nitrogens with zero attached hydrogens (tertiary/aromatic N) is 7. The quantitative estimate of drug-likeness (QED) is 0.0313.